The van der Waals surface area contributed by atoms with Gasteiger partial charge in [-0.3, -0.25) is 0 Å². The van der Waals surface area contributed by atoms with Crippen molar-refractivity contribution in [2.75, 3.05) is 30.8 Å². The van der Waals surface area contributed by atoms with Gasteiger partial charge in [0.05, 0.1) is 0 Å². The molecule has 0 saturated carbocycles. The molecule has 0 aromatic carbocycles. The van der Waals surface area contributed by atoms with E-state index >= 15 is 0 Å². The average molecular weight is 238 g/mol. The topological polar surface area (TPSA) is 70.1 Å². The minimum absolute atomic E-state index is 0.192. The number of hydrogen-bond donors (Lipinski definition) is 3. The van der Waals surface area contributed by atoms with Gasteiger partial charge in [-0.05, 0) is 19.8 Å². The Balaban J connectivity index is 2.88. The molecule has 0 unspecified atom stereocenters. The van der Waals surface area contributed by atoms with Crippen LogP contribution in [0, 0.1) is 6.92 Å². The first-order chi connectivity index (χ1) is 8.22. The van der Waals surface area contributed by atoms with Gasteiger partial charge < -0.3 is 15.7 Å². The summed E-state index contributed by atoms with van der Waals surface area (Å²) in [5.74, 6) is 2.59. The Labute approximate surface area is 103 Å². The summed E-state index contributed by atoms with van der Waals surface area (Å²) in [7, 11) is 1.86. The van der Waals surface area contributed by atoms with E-state index in [9.17, 15) is 0 Å². The van der Waals surface area contributed by atoms with Crippen LogP contribution in [0.25, 0.3) is 0 Å². The van der Waals surface area contributed by atoms with Gasteiger partial charge >= 0.3 is 0 Å². The molecule has 5 nitrogen and oxygen atoms in total. The summed E-state index contributed by atoms with van der Waals surface area (Å²) in [5, 5.41) is 15.1. The Morgan fingerprint density at radius 1 is 1.24 bits per heavy atom. The predicted molar refractivity (Wildman–Crippen MR) is 70.5 cm³/mol. The molecule has 0 spiro atoms. The maximum atomic E-state index is 8.77. The van der Waals surface area contributed by atoms with Crippen molar-refractivity contribution >= 4 is 11.6 Å². The molecule has 1 heterocycles. The predicted octanol–water partition coefficient (Wildman–Crippen LogP) is 1.57. The Morgan fingerprint density at radius 3 is 2.53 bits per heavy atom. The van der Waals surface area contributed by atoms with Crippen LogP contribution in [0.1, 0.15) is 31.2 Å². The molecule has 1 aromatic rings. The Hall–Kier alpha value is -1.36. The van der Waals surface area contributed by atoms with Gasteiger partial charge in [-0.25, -0.2) is 9.97 Å². The van der Waals surface area contributed by atoms with Crippen LogP contribution in [0.15, 0.2) is 0 Å². The van der Waals surface area contributed by atoms with Crippen LogP contribution in [0.4, 0.5) is 11.6 Å². The normalized spacial score (nSPS) is 10.4. The zero-order valence-electron chi connectivity index (χ0n) is 10.9. The zero-order chi connectivity index (χ0) is 12.7. The van der Waals surface area contributed by atoms with Gasteiger partial charge in [0, 0.05) is 32.2 Å². The number of rotatable bonds is 7. The van der Waals surface area contributed by atoms with Gasteiger partial charge in [-0.2, -0.15) is 0 Å². The summed E-state index contributed by atoms with van der Waals surface area (Å²) in [4.78, 5) is 8.96. The summed E-state index contributed by atoms with van der Waals surface area (Å²) in [6.45, 7) is 5.02. The molecule has 0 aliphatic rings. The zero-order valence-corrected chi connectivity index (χ0v) is 10.9. The molecular weight excluding hydrogens is 216 g/mol. The highest BCUT2D eigenvalue weighted by Crippen LogP contribution is 2.19. The van der Waals surface area contributed by atoms with Crippen LogP contribution in [-0.4, -0.2) is 35.3 Å². The summed E-state index contributed by atoms with van der Waals surface area (Å²) < 4.78 is 0. The summed E-state index contributed by atoms with van der Waals surface area (Å²) in [5.41, 5.74) is 1.02. The molecule has 3 N–H and O–H groups in total. The Bertz CT molecular complexity index is 355. The monoisotopic (exact) mass is 238 g/mol. The van der Waals surface area contributed by atoms with E-state index in [2.05, 4.69) is 27.5 Å². The SMILES string of the molecule is CCCc1nc(NC)c(C)c(NCCCO)n1. The first-order valence-corrected chi connectivity index (χ1v) is 6.12. The third-order valence-electron chi connectivity index (χ3n) is 2.53. The van der Waals surface area contributed by atoms with Gasteiger partial charge in [0.1, 0.15) is 17.5 Å². The number of hydrogen-bond acceptors (Lipinski definition) is 5. The van der Waals surface area contributed by atoms with Crippen molar-refractivity contribution in [2.45, 2.75) is 33.1 Å². The van der Waals surface area contributed by atoms with Crippen molar-refractivity contribution in [1.82, 2.24) is 9.97 Å². The standard InChI is InChI=1S/C12H22N4O/c1-4-6-10-15-11(13-3)9(2)12(16-10)14-7-5-8-17/h17H,4-8H2,1-3H3,(H2,13,14,15,16). The smallest absolute Gasteiger partial charge is 0.134 e. The lowest BCUT2D eigenvalue weighted by Gasteiger charge is -2.13. The highest BCUT2D eigenvalue weighted by atomic mass is 16.3. The van der Waals surface area contributed by atoms with Crippen molar-refractivity contribution in [3.05, 3.63) is 11.4 Å². The van der Waals surface area contributed by atoms with E-state index in [4.69, 9.17) is 5.11 Å². The second-order valence-electron chi connectivity index (χ2n) is 3.97. The average Bonchev–Trinajstić information content (AvgIpc) is 2.33. The van der Waals surface area contributed by atoms with Crippen molar-refractivity contribution in [1.29, 1.82) is 0 Å². The molecular formula is C12H22N4O. The van der Waals surface area contributed by atoms with E-state index in [1.165, 1.54) is 0 Å². The van der Waals surface area contributed by atoms with Crippen molar-refractivity contribution in [2.24, 2.45) is 0 Å². The number of aromatic nitrogens is 2. The van der Waals surface area contributed by atoms with Crippen molar-refractivity contribution in [3.8, 4) is 0 Å². The molecule has 0 saturated heterocycles. The van der Waals surface area contributed by atoms with Crippen LogP contribution in [-0.2, 0) is 6.42 Å². The minimum Gasteiger partial charge on any atom is -0.396 e. The molecule has 5 heteroatoms. The van der Waals surface area contributed by atoms with Crippen molar-refractivity contribution < 1.29 is 5.11 Å². The number of nitrogens with zero attached hydrogens (tertiary/aromatic N) is 2. The van der Waals surface area contributed by atoms with Crippen molar-refractivity contribution in [3.63, 3.8) is 0 Å². The second-order valence-corrected chi connectivity index (χ2v) is 3.97. The maximum Gasteiger partial charge on any atom is 0.134 e. The molecule has 0 aliphatic carbocycles. The summed E-state index contributed by atoms with van der Waals surface area (Å²) in [6.07, 6.45) is 2.63. The molecule has 1 rings (SSSR count). The largest absolute Gasteiger partial charge is 0.396 e. The Kier molecular flexibility index (Phi) is 5.69. The van der Waals surface area contributed by atoms with E-state index in [1.54, 1.807) is 0 Å². The molecule has 0 atom stereocenters. The lowest BCUT2D eigenvalue weighted by Crippen LogP contribution is -2.11. The fourth-order valence-electron chi connectivity index (χ4n) is 1.60. The van der Waals surface area contributed by atoms with E-state index in [0.717, 1.165) is 48.8 Å². The number of aryl methyl sites for hydroxylation is 1. The van der Waals surface area contributed by atoms with E-state index in [-0.39, 0.29) is 6.61 Å². The number of nitrogens with one attached hydrogen (secondary N) is 2. The van der Waals surface area contributed by atoms with Crippen LogP contribution < -0.4 is 10.6 Å². The molecule has 0 fully saturated rings. The molecule has 0 bridgehead atoms. The first kappa shape index (κ1) is 13.7. The second kappa shape index (κ2) is 7.06. The van der Waals surface area contributed by atoms with Gasteiger partial charge in [0.2, 0.25) is 0 Å². The van der Waals surface area contributed by atoms with E-state index in [0.29, 0.717) is 0 Å². The lowest BCUT2D eigenvalue weighted by molar-refractivity contribution is 0.292. The van der Waals surface area contributed by atoms with E-state index < -0.39 is 0 Å². The minimum atomic E-state index is 0.192. The van der Waals surface area contributed by atoms with E-state index in [1.807, 2.05) is 14.0 Å². The van der Waals surface area contributed by atoms with Crippen LogP contribution in [0.5, 0.6) is 0 Å². The highest BCUT2D eigenvalue weighted by molar-refractivity contribution is 5.56. The molecule has 0 amide bonds. The van der Waals surface area contributed by atoms with Gasteiger partial charge in [-0.1, -0.05) is 6.92 Å². The number of anilines is 2. The van der Waals surface area contributed by atoms with Gasteiger partial charge in [-0.15, -0.1) is 0 Å². The van der Waals surface area contributed by atoms with Crippen LogP contribution >= 0.6 is 0 Å². The number of aliphatic hydroxyl groups is 1. The number of aliphatic hydroxyl groups excluding tert-OH is 1. The fraction of sp³-hybridized carbons (Fsp3) is 0.667. The summed E-state index contributed by atoms with van der Waals surface area (Å²) in [6, 6.07) is 0. The summed E-state index contributed by atoms with van der Waals surface area (Å²) >= 11 is 0. The quantitative estimate of drug-likeness (QED) is 0.629. The fourth-order valence-corrected chi connectivity index (χ4v) is 1.60. The van der Waals surface area contributed by atoms with Gasteiger partial charge in [0.15, 0.2) is 0 Å². The van der Waals surface area contributed by atoms with Crippen LogP contribution in [0.2, 0.25) is 0 Å². The molecule has 96 valence electrons. The third-order valence-corrected chi connectivity index (χ3v) is 2.53. The van der Waals surface area contributed by atoms with Gasteiger partial charge in [0.25, 0.3) is 0 Å². The maximum absolute atomic E-state index is 8.77. The highest BCUT2D eigenvalue weighted by Gasteiger charge is 2.08. The first-order valence-electron chi connectivity index (χ1n) is 6.12. The molecule has 0 radical (unpaired) electrons. The van der Waals surface area contributed by atoms with Crippen LogP contribution in [0.3, 0.4) is 0 Å². The molecule has 0 aliphatic heterocycles. The third kappa shape index (κ3) is 3.85. The lowest BCUT2D eigenvalue weighted by atomic mass is 10.2. The Morgan fingerprint density at radius 2 is 1.94 bits per heavy atom. The molecule has 17 heavy (non-hydrogen) atoms. The molecule has 1 aromatic heterocycles.